The molecule has 0 aliphatic carbocycles. The summed E-state index contributed by atoms with van der Waals surface area (Å²) in [6, 6.07) is 4.37. The standard InChI is InChI=1S/C21H32N6/c1-17-23-19(15-21(24-17)27-10-4-3-5-11-27)14-18-7-12-26(13-8-18)16-20-6-9-22-25(20)2/h6,9,15,18H,3-5,7-8,10-14,16H2,1-2H3. The quantitative estimate of drug-likeness (QED) is 0.812. The number of aromatic nitrogens is 4. The number of likely N-dealkylation sites (tertiary alicyclic amines) is 1. The van der Waals surface area contributed by atoms with E-state index in [0.29, 0.717) is 0 Å². The summed E-state index contributed by atoms with van der Waals surface area (Å²) in [5.74, 6) is 2.80. The maximum atomic E-state index is 4.75. The van der Waals surface area contributed by atoms with Crippen LogP contribution in [0.15, 0.2) is 18.3 Å². The first-order chi connectivity index (χ1) is 13.2. The lowest BCUT2D eigenvalue weighted by atomic mass is 9.92. The van der Waals surface area contributed by atoms with Crippen molar-refractivity contribution < 1.29 is 0 Å². The molecule has 0 N–H and O–H groups in total. The monoisotopic (exact) mass is 368 g/mol. The lowest BCUT2D eigenvalue weighted by Gasteiger charge is -2.32. The Hall–Kier alpha value is -1.95. The summed E-state index contributed by atoms with van der Waals surface area (Å²) >= 11 is 0. The van der Waals surface area contributed by atoms with Crippen LogP contribution in [0, 0.1) is 12.8 Å². The Labute approximate surface area is 162 Å². The first-order valence-corrected chi connectivity index (χ1v) is 10.5. The summed E-state index contributed by atoms with van der Waals surface area (Å²) in [5.41, 5.74) is 2.53. The summed E-state index contributed by atoms with van der Waals surface area (Å²) in [5, 5.41) is 4.28. The molecule has 146 valence electrons. The summed E-state index contributed by atoms with van der Waals surface area (Å²) < 4.78 is 1.98. The van der Waals surface area contributed by atoms with Crippen molar-refractivity contribution in [3.63, 3.8) is 0 Å². The van der Waals surface area contributed by atoms with E-state index in [9.17, 15) is 0 Å². The number of aryl methyl sites for hydroxylation is 2. The topological polar surface area (TPSA) is 50.1 Å². The maximum absolute atomic E-state index is 4.75. The van der Waals surface area contributed by atoms with Crippen molar-refractivity contribution in [2.24, 2.45) is 13.0 Å². The Morgan fingerprint density at radius 3 is 2.52 bits per heavy atom. The van der Waals surface area contributed by atoms with E-state index < -0.39 is 0 Å². The van der Waals surface area contributed by atoms with Crippen LogP contribution in [-0.2, 0) is 20.0 Å². The molecule has 2 aliphatic heterocycles. The fourth-order valence-corrected chi connectivity index (χ4v) is 4.43. The molecule has 6 heteroatoms. The zero-order chi connectivity index (χ0) is 18.6. The Kier molecular flexibility index (Phi) is 5.72. The molecule has 2 fully saturated rings. The van der Waals surface area contributed by atoms with E-state index >= 15 is 0 Å². The fourth-order valence-electron chi connectivity index (χ4n) is 4.43. The average molecular weight is 369 g/mol. The second-order valence-corrected chi connectivity index (χ2v) is 8.18. The zero-order valence-corrected chi connectivity index (χ0v) is 16.8. The predicted octanol–water partition coefficient (Wildman–Crippen LogP) is 2.96. The Balaban J connectivity index is 1.33. The molecule has 2 aromatic heterocycles. The normalized spacial score (nSPS) is 19.6. The zero-order valence-electron chi connectivity index (χ0n) is 16.8. The van der Waals surface area contributed by atoms with E-state index in [4.69, 9.17) is 9.97 Å². The van der Waals surface area contributed by atoms with E-state index in [-0.39, 0.29) is 0 Å². The lowest BCUT2D eigenvalue weighted by Crippen LogP contribution is -2.34. The van der Waals surface area contributed by atoms with Crippen molar-refractivity contribution in [3.8, 4) is 0 Å². The van der Waals surface area contributed by atoms with Crippen LogP contribution in [0.4, 0.5) is 5.82 Å². The Morgan fingerprint density at radius 1 is 1.04 bits per heavy atom. The minimum atomic E-state index is 0.733. The van der Waals surface area contributed by atoms with Crippen LogP contribution in [0.1, 0.15) is 49.3 Å². The van der Waals surface area contributed by atoms with Crippen LogP contribution < -0.4 is 4.90 Å². The minimum Gasteiger partial charge on any atom is -0.357 e. The van der Waals surface area contributed by atoms with Gasteiger partial charge in [-0.3, -0.25) is 9.58 Å². The molecule has 6 nitrogen and oxygen atoms in total. The molecular formula is C21H32N6. The van der Waals surface area contributed by atoms with E-state index in [2.05, 4.69) is 27.0 Å². The van der Waals surface area contributed by atoms with Gasteiger partial charge in [0.15, 0.2) is 0 Å². The van der Waals surface area contributed by atoms with Gasteiger partial charge in [-0.15, -0.1) is 0 Å². The van der Waals surface area contributed by atoms with Crippen molar-refractivity contribution in [3.05, 3.63) is 35.5 Å². The third-order valence-corrected chi connectivity index (χ3v) is 6.07. The van der Waals surface area contributed by atoms with Crippen molar-refractivity contribution in [2.75, 3.05) is 31.1 Å². The number of anilines is 1. The van der Waals surface area contributed by atoms with Gasteiger partial charge in [0.25, 0.3) is 0 Å². The molecule has 0 atom stereocenters. The number of rotatable bonds is 5. The van der Waals surface area contributed by atoms with E-state index in [1.165, 1.54) is 56.6 Å². The van der Waals surface area contributed by atoms with Crippen LogP contribution in [0.3, 0.4) is 0 Å². The molecule has 0 aromatic carbocycles. The van der Waals surface area contributed by atoms with Crippen LogP contribution in [0.5, 0.6) is 0 Å². The molecule has 0 amide bonds. The molecule has 27 heavy (non-hydrogen) atoms. The molecule has 0 unspecified atom stereocenters. The van der Waals surface area contributed by atoms with Gasteiger partial charge in [0, 0.05) is 44.6 Å². The van der Waals surface area contributed by atoms with Crippen LogP contribution in [0.25, 0.3) is 0 Å². The SMILES string of the molecule is Cc1nc(CC2CCN(Cc3ccnn3C)CC2)cc(N2CCCCC2)n1. The summed E-state index contributed by atoms with van der Waals surface area (Å²) in [7, 11) is 2.03. The molecule has 4 heterocycles. The van der Waals surface area contributed by atoms with E-state index in [1.807, 2.05) is 24.9 Å². The van der Waals surface area contributed by atoms with Crippen LogP contribution >= 0.6 is 0 Å². The first kappa shape index (κ1) is 18.4. The highest BCUT2D eigenvalue weighted by Gasteiger charge is 2.22. The van der Waals surface area contributed by atoms with E-state index in [0.717, 1.165) is 43.6 Å². The molecule has 2 aromatic rings. The summed E-state index contributed by atoms with van der Waals surface area (Å²) in [4.78, 5) is 14.5. The van der Waals surface area contributed by atoms with Gasteiger partial charge in [0.05, 0.1) is 5.69 Å². The highest BCUT2D eigenvalue weighted by molar-refractivity contribution is 5.40. The Morgan fingerprint density at radius 2 is 1.81 bits per heavy atom. The third kappa shape index (κ3) is 4.67. The summed E-state index contributed by atoms with van der Waals surface area (Å²) in [6.45, 7) is 7.66. The fraction of sp³-hybridized carbons (Fsp3) is 0.667. The van der Waals surface area contributed by atoms with Gasteiger partial charge >= 0.3 is 0 Å². The highest BCUT2D eigenvalue weighted by atomic mass is 15.3. The van der Waals surface area contributed by atoms with Gasteiger partial charge in [0.2, 0.25) is 0 Å². The molecule has 0 bridgehead atoms. The number of hydrogen-bond acceptors (Lipinski definition) is 5. The third-order valence-electron chi connectivity index (χ3n) is 6.07. The molecule has 0 spiro atoms. The van der Waals surface area contributed by atoms with Gasteiger partial charge < -0.3 is 4.90 Å². The van der Waals surface area contributed by atoms with Crippen molar-refractivity contribution in [1.29, 1.82) is 0 Å². The van der Waals surface area contributed by atoms with Gasteiger partial charge in [-0.2, -0.15) is 5.10 Å². The second-order valence-electron chi connectivity index (χ2n) is 8.18. The van der Waals surface area contributed by atoms with Crippen molar-refractivity contribution >= 4 is 5.82 Å². The molecule has 0 saturated carbocycles. The number of hydrogen-bond donors (Lipinski definition) is 0. The number of nitrogens with zero attached hydrogens (tertiary/aromatic N) is 6. The number of piperidine rings is 2. The van der Waals surface area contributed by atoms with Crippen molar-refractivity contribution in [1.82, 2.24) is 24.6 Å². The smallest absolute Gasteiger partial charge is 0.132 e. The molecule has 2 saturated heterocycles. The predicted molar refractivity (Wildman–Crippen MR) is 108 cm³/mol. The minimum absolute atomic E-state index is 0.733. The van der Waals surface area contributed by atoms with Crippen LogP contribution in [0.2, 0.25) is 0 Å². The van der Waals surface area contributed by atoms with Crippen molar-refractivity contribution in [2.45, 2.75) is 52.0 Å². The summed E-state index contributed by atoms with van der Waals surface area (Å²) in [6.07, 6.45) is 9.40. The van der Waals surface area contributed by atoms with E-state index in [1.54, 1.807) is 0 Å². The molecular weight excluding hydrogens is 336 g/mol. The van der Waals surface area contributed by atoms with Gasteiger partial charge in [-0.25, -0.2) is 9.97 Å². The van der Waals surface area contributed by atoms with Gasteiger partial charge in [0.1, 0.15) is 11.6 Å². The maximum Gasteiger partial charge on any atom is 0.132 e. The first-order valence-electron chi connectivity index (χ1n) is 10.5. The molecule has 2 aliphatic rings. The second kappa shape index (κ2) is 8.38. The lowest BCUT2D eigenvalue weighted by molar-refractivity contribution is 0.173. The average Bonchev–Trinajstić information content (AvgIpc) is 3.08. The molecule has 0 radical (unpaired) electrons. The van der Waals surface area contributed by atoms with Crippen LogP contribution in [-0.4, -0.2) is 50.8 Å². The van der Waals surface area contributed by atoms with Gasteiger partial charge in [-0.05, 0) is 70.5 Å². The highest BCUT2D eigenvalue weighted by Crippen LogP contribution is 2.24. The Bertz CT molecular complexity index is 741. The molecule has 4 rings (SSSR count). The largest absolute Gasteiger partial charge is 0.357 e. The van der Waals surface area contributed by atoms with Gasteiger partial charge in [-0.1, -0.05) is 0 Å².